The highest BCUT2D eigenvalue weighted by Gasteiger charge is 2.35. The summed E-state index contributed by atoms with van der Waals surface area (Å²) in [7, 11) is 0. The number of amides is 1. The fourth-order valence-electron chi connectivity index (χ4n) is 3.56. The summed E-state index contributed by atoms with van der Waals surface area (Å²) in [5, 5.41) is 12.6. The number of ether oxygens (including phenoxy) is 1. The molecule has 27 heavy (non-hydrogen) atoms. The van der Waals surface area contributed by atoms with Gasteiger partial charge in [-0.15, -0.1) is 0 Å². The molecule has 0 bridgehead atoms. The first-order valence-corrected chi connectivity index (χ1v) is 9.20. The van der Waals surface area contributed by atoms with Crippen LogP contribution < -0.4 is 5.32 Å². The van der Waals surface area contributed by atoms with Gasteiger partial charge in [0, 0.05) is 35.8 Å². The molecule has 2 heterocycles. The second-order valence-electron chi connectivity index (χ2n) is 6.87. The molecule has 2 aromatic rings. The molecule has 0 atom stereocenters. The molecule has 0 unspecified atom stereocenters. The van der Waals surface area contributed by atoms with Crippen molar-refractivity contribution in [3.8, 4) is 0 Å². The molecule has 0 aliphatic carbocycles. The predicted molar refractivity (Wildman–Crippen MR) is 100 cm³/mol. The third-order valence-corrected chi connectivity index (χ3v) is 5.30. The Balaban J connectivity index is 1.81. The van der Waals surface area contributed by atoms with E-state index in [1.54, 1.807) is 6.92 Å². The van der Waals surface area contributed by atoms with Crippen LogP contribution in [0.4, 0.5) is 0 Å². The van der Waals surface area contributed by atoms with Gasteiger partial charge in [0.25, 0.3) is 5.91 Å². The number of carbonyl (C=O) groups excluding carboxylic acids is 1. The van der Waals surface area contributed by atoms with E-state index >= 15 is 0 Å². The summed E-state index contributed by atoms with van der Waals surface area (Å²) in [6.07, 6.45) is 2.61. The van der Waals surface area contributed by atoms with Crippen molar-refractivity contribution < 1.29 is 23.8 Å². The van der Waals surface area contributed by atoms with Crippen molar-refractivity contribution in [1.29, 1.82) is 0 Å². The molecule has 2 N–H and O–H groups in total. The monoisotopic (exact) mass is 391 g/mol. The minimum Gasteiger partial charge on any atom is -0.481 e. The average Bonchev–Trinajstić information content (AvgIpc) is 3.00. The lowest BCUT2D eigenvalue weighted by atomic mass is 9.74. The molecule has 1 amide bonds. The van der Waals surface area contributed by atoms with Crippen LogP contribution in [-0.4, -0.2) is 36.7 Å². The number of aliphatic carboxylic acids is 1. The van der Waals surface area contributed by atoms with Crippen molar-refractivity contribution in [2.75, 3.05) is 19.8 Å². The zero-order valence-corrected chi connectivity index (χ0v) is 15.8. The lowest BCUT2D eigenvalue weighted by molar-refractivity contribution is -0.136. The van der Waals surface area contributed by atoms with E-state index in [1.165, 1.54) is 6.26 Å². The molecule has 1 aliphatic heterocycles. The number of hydrogen-bond donors (Lipinski definition) is 2. The Kier molecular flexibility index (Phi) is 5.87. The molecule has 0 radical (unpaired) electrons. The second-order valence-corrected chi connectivity index (χ2v) is 7.31. The number of carboxylic acid groups (broad SMARTS) is 1. The van der Waals surface area contributed by atoms with Gasteiger partial charge in [0.1, 0.15) is 12.2 Å². The van der Waals surface area contributed by atoms with Gasteiger partial charge in [0.15, 0.2) is 0 Å². The summed E-state index contributed by atoms with van der Waals surface area (Å²) in [5.41, 5.74) is 1.70. The number of aryl methyl sites for hydroxylation is 1. The van der Waals surface area contributed by atoms with Gasteiger partial charge in [-0.05, 0) is 37.5 Å². The SMILES string of the molecule is Cc1coc(CC(=O)O)c1C(=O)NCC1(c2cccc(Cl)c2)CCOCC1. The van der Waals surface area contributed by atoms with Crippen molar-refractivity contribution in [2.24, 2.45) is 0 Å². The van der Waals surface area contributed by atoms with Crippen LogP contribution in [0, 0.1) is 6.92 Å². The molecular weight excluding hydrogens is 370 g/mol. The van der Waals surface area contributed by atoms with E-state index in [1.807, 2.05) is 24.3 Å². The number of benzene rings is 1. The zero-order valence-electron chi connectivity index (χ0n) is 15.1. The molecule has 3 rings (SSSR count). The quantitative estimate of drug-likeness (QED) is 0.788. The molecule has 1 aromatic heterocycles. The van der Waals surface area contributed by atoms with Crippen LogP contribution in [0.1, 0.15) is 40.1 Å². The molecule has 0 saturated carbocycles. The molecule has 144 valence electrons. The van der Waals surface area contributed by atoms with Gasteiger partial charge in [-0.2, -0.15) is 0 Å². The highest BCUT2D eigenvalue weighted by Crippen LogP contribution is 2.35. The van der Waals surface area contributed by atoms with E-state index in [0.29, 0.717) is 35.9 Å². The van der Waals surface area contributed by atoms with Gasteiger partial charge in [0.2, 0.25) is 0 Å². The number of furan rings is 1. The molecule has 1 fully saturated rings. The van der Waals surface area contributed by atoms with Gasteiger partial charge in [-0.1, -0.05) is 23.7 Å². The van der Waals surface area contributed by atoms with Gasteiger partial charge in [-0.3, -0.25) is 9.59 Å². The first kappa shape index (κ1) is 19.5. The summed E-state index contributed by atoms with van der Waals surface area (Å²) in [5.74, 6) is -1.20. The average molecular weight is 392 g/mol. The van der Waals surface area contributed by atoms with Crippen LogP contribution in [0.5, 0.6) is 0 Å². The molecule has 0 spiro atoms. The van der Waals surface area contributed by atoms with Gasteiger partial charge in [-0.25, -0.2) is 0 Å². The van der Waals surface area contributed by atoms with E-state index in [4.69, 9.17) is 25.9 Å². The Labute approximate surface area is 162 Å². The smallest absolute Gasteiger partial charge is 0.311 e. The van der Waals surface area contributed by atoms with E-state index in [9.17, 15) is 9.59 Å². The standard InChI is InChI=1S/C20H22ClNO5/c1-13-11-27-16(10-17(23)24)18(13)19(25)22-12-20(5-7-26-8-6-20)14-3-2-4-15(21)9-14/h2-4,9,11H,5-8,10,12H2,1H3,(H,22,25)(H,23,24). The van der Waals surface area contributed by atoms with E-state index in [0.717, 1.165) is 18.4 Å². The highest BCUT2D eigenvalue weighted by atomic mass is 35.5. The molecule has 6 nitrogen and oxygen atoms in total. The molecule has 1 aromatic carbocycles. The van der Waals surface area contributed by atoms with Crippen LogP contribution in [0.2, 0.25) is 5.02 Å². The second kappa shape index (κ2) is 8.15. The summed E-state index contributed by atoms with van der Waals surface area (Å²) in [6, 6.07) is 7.67. The first-order chi connectivity index (χ1) is 12.9. The number of nitrogens with one attached hydrogen (secondary N) is 1. The fraction of sp³-hybridized carbons (Fsp3) is 0.400. The van der Waals surface area contributed by atoms with Crippen molar-refractivity contribution in [3.63, 3.8) is 0 Å². The van der Waals surface area contributed by atoms with Crippen LogP contribution in [0.25, 0.3) is 0 Å². The molecule has 7 heteroatoms. The number of rotatable bonds is 6. The molecule has 1 aliphatic rings. The van der Waals surface area contributed by atoms with Gasteiger partial charge < -0.3 is 19.6 Å². The van der Waals surface area contributed by atoms with E-state index < -0.39 is 5.97 Å². The van der Waals surface area contributed by atoms with Crippen LogP contribution >= 0.6 is 11.6 Å². The Morgan fingerprint density at radius 2 is 2.04 bits per heavy atom. The minimum atomic E-state index is -1.04. The fourth-order valence-corrected chi connectivity index (χ4v) is 3.75. The number of carbonyl (C=O) groups is 2. The van der Waals surface area contributed by atoms with Gasteiger partial charge >= 0.3 is 5.97 Å². The maximum Gasteiger partial charge on any atom is 0.311 e. The van der Waals surface area contributed by atoms with Crippen molar-refractivity contribution in [2.45, 2.75) is 31.6 Å². The lowest BCUT2D eigenvalue weighted by Gasteiger charge is -2.38. The lowest BCUT2D eigenvalue weighted by Crippen LogP contribution is -2.44. The Bertz CT molecular complexity index is 839. The van der Waals surface area contributed by atoms with Crippen molar-refractivity contribution in [3.05, 3.63) is 58.0 Å². The normalized spacial score (nSPS) is 16.1. The Morgan fingerprint density at radius 1 is 1.30 bits per heavy atom. The van der Waals surface area contributed by atoms with Crippen LogP contribution in [0.3, 0.4) is 0 Å². The minimum absolute atomic E-state index is 0.168. The maximum atomic E-state index is 12.8. The first-order valence-electron chi connectivity index (χ1n) is 8.82. The number of halogens is 1. The van der Waals surface area contributed by atoms with Crippen LogP contribution in [-0.2, 0) is 21.4 Å². The maximum absolute atomic E-state index is 12.8. The highest BCUT2D eigenvalue weighted by molar-refractivity contribution is 6.30. The van der Waals surface area contributed by atoms with Gasteiger partial charge in [0.05, 0.1) is 11.8 Å². The summed E-state index contributed by atoms with van der Waals surface area (Å²) < 4.78 is 10.8. The molecular formula is C20H22ClNO5. The third-order valence-electron chi connectivity index (χ3n) is 5.06. The Morgan fingerprint density at radius 3 is 2.70 bits per heavy atom. The topological polar surface area (TPSA) is 88.8 Å². The molecule has 1 saturated heterocycles. The number of hydrogen-bond acceptors (Lipinski definition) is 4. The number of carboxylic acids is 1. The third kappa shape index (κ3) is 4.34. The zero-order chi connectivity index (χ0) is 19.4. The van der Waals surface area contributed by atoms with E-state index in [-0.39, 0.29) is 23.5 Å². The summed E-state index contributed by atoms with van der Waals surface area (Å²) in [4.78, 5) is 23.8. The predicted octanol–water partition coefficient (Wildman–Crippen LogP) is 3.35. The van der Waals surface area contributed by atoms with Crippen molar-refractivity contribution in [1.82, 2.24) is 5.32 Å². The summed E-state index contributed by atoms with van der Waals surface area (Å²) in [6.45, 7) is 3.35. The Hall–Kier alpha value is -2.31. The van der Waals surface area contributed by atoms with E-state index in [2.05, 4.69) is 5.32 Å². The van der Waals surface area contributed by atoms with Crippen LogP contribution in [0.15, 0.2) is 34.9 Å². The summed E-state index contributed by atoms with van der Waals surface area (Å²) >= 11 is 6.17. The largest absolute Gasteiger partial charge is 0.481 e. The van der Waals surface area contributed by atoms with Crippen molar-refractivity contribution >= 4 is 23.5 Å².